The summed E-state index contributed by atoms with van der Waals surface area (Å²) in [6, 6.07) is 15.9. The molecule has 1 aliphatic rings. The molecule has 0 unspecified atom stereocenters. The quantitative estimate of drug-likeness (QED) is 0.446. The fourth-order valence-corrected chi connectivity index (χ4v) is 4.60. The van der Waals surface area contributed by atoms with Gasteiger partial charge in [-0.3, -0.25) is 4.79 Å². The normalized spacial score (nSPS) is 13.0. The molecule has 3 N–H and O–H groups in total. The number of nitrogens with zero attached hydrogens (tertiary/aromatic N) is 4. The molecule has 0 spiro atoms. The van der Waals surface area contributed by atoms with Crippen LogP contribution in [0.2, 0.25) is 0 Å². The summed E-state index contributed by atoms with van der Waals surface area (Å²) in [6.45, 7) is 1.01. The molecule has 0 radical (unpaired) electrons. The number of fused-ring (bicyclic) bond motifs is 4. The SMILES string of the molecule is Cn1ccc2cc(CC(=O)Nc3ccc(-n4c5c(c6ncnc(N)c64)COC5)cc3)ccc21. The summed E-state index contributed by atoms with van der Waals surface area (Å²) in [5.74, 6) is 0.374. The monoisotopic (exact) mass is 438 g/mol. The first-order valence-electron chi connectivity index (χ1n) is 10.7. The van der Waals surface area contributed by atoms with Crippen LogP contribution in [0.1, 0.15) is 16.8 Å². The number of ether oxygens (including phenoxy) is 1. The third-order valence-electron chi connectivity index (χ3n) is 6.19. The average Bonchev–Trinajstić information content (AvgIpc) is 3.50. The van der Waals surface area contributed by atoms with Gasteiger partial charge in [0.1, 0.15) is 17.4 Å². The average molecular weight is 438 g/mol. The number of aromatic nitrogens is 4. The first-order chi connectivity index (χ1) is 16.1. The number of benzene rings is 2. The van der Waals surface area contributed by atoms with Gasteiger partial charge in [0.15, 0.2) is 5.82 Å². The van der Waals surface area contributed by atoms with Crippen molar-refractivity contribution in [1.82, 2.24) is 19.1 Å². The number of aryl methyl sites for hydroxylation is 1. The number of amides is 1. The van der Waals surface area contributed by atoms with Crippen molar-refractivity contribution in [3.8, 4) is 5.69 Å². The second-order valence-electron chi connectivity index (χ2n) is 8.30. The molecule has 164 valence electrons. The summed E-state index contributed by atoms with van der Waals surface area (Å²) in [4.78, 5) is 21.2. The fourth-order valence-electron chi connectivity index (χ4n) is 4.60. The fraction of sp³-hybridized carbons (Fsp3) is 0.160. The van der Waals surface area contributed by atoms with Gasteiger partial charge in [0.05, 0.1) is 25.3 Å². The number of carbonyl (C=O) groups excluding carboxylic acids is 1. The Labute approximate surface area is 189 Å². The van der Waals surface area contributed by atoms with Gasteiger partial charge in [-0.2, -0.15) is 0 Å². The molecule has 1 amide bonds. The van der Waals surface area contributed by atoms with Crippen LogP contribution in [0.25, 0.3) is 27.6 Å². The zero-order valence-electron chi connectivity index (χ0n) is 18.1. The number of rotatable bonds is 4. The van der Waals surface area contributed by atoms with Crippen LogP contribution in [0, 0.1) is 0 Å². The van der Waals surface area contributed by atoms with Crippen LogP contribution in [-0.2, 0) is 36.2 Å². The molecule has 1 aliphatic heterocycles. The maximum atomic E-state index is 12.6. The molecule has 0 atom stereocenters. The molecule has 8 heteroatoms. The third-order valence-corrected chi connectivity index (χ3v) is 6.19. The number of carbonyl (C=O) groups is 1. The Morgan fingerprint density at radius 2 is 1.97 bits per heavy atom. The molecular formula is C25H22N6O2. The number of nitrogens with one attached hydrogen (secondary N) is 1. The third kappa shape index (κ3) is 3.23. The molecule has 5 aromatic rings. The molecule has 2 aromatic carbocycles. The van der Waals surface area contributed by atoms with Crippen LogP contribution in [0.4, 0.5) is 11.5 Å². The lowest BCUT2D eigenvalue weighted by atomic mass is 10.1. The van der Waals surface area contributed by atoms with E-state index >= 15 is 0 Å². The summed E-state index contributed by atoms with van der Waals surface area (Å²) in [5, 5.41) is 4.12. The van der Waals surface area contributed by atoms with Crippen molar-refractivity contribution in [2.45, 2.75) is 19.6 Å². The van der Waals surface area contributed by atoms with Crippen LogP contribution >= 0.6 is 0 Å². The first kappa shape index (κ1) is 19.5. The van der Waals surface area contributed by atoms with Gasteiger partial charge in [0, 0.05) is 35.7 Å². The smallest absolute Gasteiger partial charge is 0.228 e. The van der Waals surface area contributed by atoms with E-state index in [4.69, 9.17) is 10.5 Å². The Morgan fingerprint density at radius 3 is 2.82 bits per heavy atom. The predicted octanol–water partition coefficient (Wildman–Crippen LogP) is 3.71. The van der Waals surface area contributed by atoms with E-state index in [0.717, 1.165) is 50.1 Å². The van der Waals surface area contributed by atoms with Crippen molar-refractivity contribution in [2.24, 2.45) is 7.05 Å². The topological polar surface area (TPSA) is 100.0 Å². The van der Waals surface area contributed by atoms with E-state index in [0.29, 0.717) is 25.5 Å². The van der Waals surface area contributed by atoms with E-state index in [1.165, 1.54) is 6.33 Å². The molecule has 0 saturated carbocycles. The highest BCUT2D eigenvalue weighted by molar-refractivity contribution is 5.94. The van der Waals surface area contributed by atoms with Crippen LogP contribution in [0.15, 0.2) is 61.1 Å². The minimum Gasteiger partial charge on any atom is -0.382 e. The summed E-state index contributed by atoms with van der Waals surface area (Å²) >= 11 is 0. The minimum atomic E-state index is -0.0589. The first-order valence-corrected chi connectivity index (χ1v) is 10.7. The van der Waals surface area contributed by atoms with Gasteiger partial charge in [-0.25, -0.2) is 9.97 Å². The minimum absolute atomic E-state index is 0.0589. The predicted molar refractivity (Wildman–Crippen MR) is 127 cm³/mol. The second kappa shape index (κ2) is 7.46. The molecule has 0 fully saturated rings. The zero-order chi connectivity index (χ0) is 22.5. The lowest BCUT2D eigenvalue weighted by Crippen LogP contribution is -2.14. The summed E-state index contributed by atoms with van der Waals surface area (Å²) in [7, 11) is 2.01. The van der Waals surface area contributed by atoms with Gasteiger partial charge in [0.2, 0.25) is 5.91 Å². The Morgan fingerprint density at radius 1 is 1.12 bits per heavy atom. The lowest BCUT2D eigenvalue weighted by molar-refractivity contribution is -0.115. The van der Waals surface area contributed by atoms with E-state index < -0.39 is 0 Å². The zero-order valence-corrected chi connectivity index (χ0v) is 18.1. The van der Waals surface area contributed by atoms with E-state index in [1.54, 1.807) is 0 Å². The number of nitrogens with two attached hydrogens (primary N) is 1. The molecule has 0 saturated heterocycles. The highest BCUT2D eigenvalue weighted by atomic mass is 16.5. The van der Waals surface area contributed by atoms with Crippen molar-refractivity contribution in [3.05, 3.63) is 77.9 Å². The van der Waals surface area contributed by atoms with Crippen LogP contribution in [-0.4, -0.2) is 25.0 Å². The standard InChI is InChI=1S/C25H22N6O2/c1-30-9-8-16-10-15(2-7-20(16)30)11-22(32)29-17-3-5-18(6-4-17)31-21-13-33-12-19(21)23-24(31)25(26)28-14-27-23/h2-10,14H,11-13H2,1H3,(H,29,32)(H2,26,27,28). The van der Waals surface area contributed by atoms with Crippen molar-refractivity contribution in [2.75, 3.05) is 11.1 Å². The number of nitrogen functional groups attached to an aromatic ring is 1. The molecule has 33 heavy (non-hydrogen) atoms. The maximum Gasteiger partial charge on any atom is 0.228 e. The molecule has 4 heterocycles. The van der Waals surface area contributed by atoms with Crippen molar-refractivity contribution in [1.29, 1.82) is 0 Å². The van der Waals surface area contributed by atoms with Crippen LogP contribution in [0.5, 0.6) is 0 Å². The van der Waals surface area contributed by atoms with Gasteiger partial charge in [-0.05, 0) is 53.4 Å². The summed E-state index contributed by atoms with van der Waals surface area (Å²) < 4.78 is 9.76. The van der Waals surface area contributed by atoms with Gasteiger partial charge in [0.25, 0.3) is 0 Å². The van der Waals surface area contributed by atoms with Crippen LogP contribution in [0.3, 0.4) is 0 Å². The Kier molecular flexibility index (Phi) is 4.41. The molecule has 0 aliphatic carbocycles. The van der Waals surface area contributed by atoms with Gasteiger partial charge in [-0.15, -0.1) is 0 Å². The molecule has 0 bridgehead atoms. The highest BCUT2D eigenvalue weighted by Crippen LogP contribution is 2.35. The Hall–Kier alpha value is -4.17. The summed E-state index contributed by atoms with van der Waals surface area (Å²) in [5.41, 5.74) is 13.7. The van der Waals surface area contributed by atoms with E-state index in [1.807, 2.05) is 54.2 Å². The number of anilines is 2. The molecule has 6 rings (SSSR count). The molecule has 3 aromatic heterocycles. The lowest BCUT2D eigenvalue weighted by Gasteiger charge is -2.12. The van der Waals surface area contributed by atoms with Crippen LogP contribution < -0.4 is 11.1 Å². The number of hydrogen-bond acceptors (Lipinski definition) is 5. The van der Waals surface area contributed by atoms with Crippen molar-refractivity contribution < 1.29 is 9.53 Å². The van der Waals surface area contributed by atoms with E-state index in [9.17, 15) is 4.79 Å². The second-order valence-corrected chi connectivity index (χ2v) is 8.30. The van der Waals surface area contributed by atoms with E-state index in [-0.39, 0.29) is 5.91 Å². The van der Waals surface area contributed by atoms with Crippen molar-refractivity contribution >= 4 is 39.3 Å². The maximum absolute atomic E-state index is 12.6. The van der Waals surface area contributed by atoms with Gasteiger partial charge >= 0.3 is 0 Å². The van der Waals surface area contributed by atoms with E-state index in [2.05, 4.69) is 32.0 Å². The number of hydrogen-bond donors (Lipinski definition) is 2. The summed E-state index contributed by atoms with van der Waals surface area (Å²) in [6.07, 6.45) is 3.81. The molecule has 8 nitrogen and oxygen atoms in total. The molecular weight excluding hydrogens is 416 g/mol. The van der Waals surface area contributed by atoms with Gasteiger partial charge in [-0.1, -0.05) is 6.07 Å². The Bertz CT molecular complexity index is 1530. The van der Waals surface area contributed by atoms with Crippen molar-refractivity contribution in [3.63, 3.8) is 0 Å². The largest absolute Gasteiger partial charge is 0.382 e. The highest BCUT2D eigenvalue weighted by Gasteiger charge is 2.25. The Balaban J connectivity index is 1.24. The van der Waals surface area contributed by atoms with Gasteiger partial charge < -0.3 is 24.9 Å².